The molecule has 8 nitrogen and oxygen atoms in total. The molecule has 0 aliphatic rings. The molecular weight excluding hydrogens is 362 g/mol. The Kier molecular flexibility index (Phi) is 8.24. The molecule has 0 radical (unpaired) electrons. The number of carbonyl (C=O) groups is 4. The van der Waals surface area contributed by atoms with Crippen molar-refractivity contribution in [3.05, 3.63) is 16.0 Å². The summed E-state index contributed by atoms with van der Waals surface area (Å²) in [6.45, 7) is 5.03. The van der Waals surface area contributed by atoms with Crippen LogP contribution in [0.15, 0.2) is 0 Å². The summed E-state index contributed by atoms with van der Waals surface area (Å²) in [5, 5.41) is 2.62. The van der Waals surface area contributed by atoms with Gasteiger partial charge in [-0.3, -0.25) is 9.59 Å². The van der Waals surface area contributed by atoms with Gasteiger partial charge in [0.05, 0.1) is 19.8 Å². The number of anilines is 1. The predicted molar refractivity (Wildman–Crippen MR) is 95.4 cm³/mol. The molecule has 0 bridgehead atoms. The third-order valence-electron chi connectivity index (χ3n) is 3.45. The van der Waals surface area contributed by atoms with E-state index >= 15 is 0 Å². The van der Waals surface area contributed by atoms with Gasteiger partial charge in [-0.15, -0.1) is 11.3 Å². The normalized spacial score (nSPS) is 10.4. The predicted octanol–water partition coefficient (Wildman–Crippen LogP) is 2.55. The summed E-state index contributed by atoms with van der Waals surface area (Å²) in [7, 11) is 2.41. The summed E-state index contributed by atoms with van der Waals surface area (Å²) < 4.78 is 14.3. The highest BCUT2D eigenvalue weighted by atomic mass is 32.1. The molecule has 0 aliphatic heterocycles. The number of thiophene rings is 1. The van der Waals surface area contributed by atoms with Gasteiger partial charge in [0.2, 0.25) is 0 Å². The van der Waals surface area contributed by atoms with Gasteiger partial charge >= 0.3 is 17.9 Å². The van der Waals surface area contributed by atoms with E-state index in [4.69, 9.17) is 9.47 Å². The molecule has 0 aromatic carbocycles. The van der Waals surface area contributed by atoms with Gasteiger partial charge in [0.15, 0.2) is 6.61 Å². The molecule has 0 atom stereocenters. The molecule has 144 valence electrons. The molecule has 0 unspecified atom stereocenters. The zero-order valence-corrected chi connectivity index (χ0v) is 16.3. The molecule has 0 saturated heterocycles. The molecule has 0 spiro atoms. The number of amides is 1. The van der Waals surface area contributed by atoms with E-state index < -0.39 is 30.4 Å². The third kappa shape index (κ3) is 5.83. The van der Waals surface area contributed by atoms with E-state index in [1.54, 1.807) is 6.92 Å². The van der Waals surface area contributed by atoms with Gasteiger partial charge in [0.1, 0.15) is 9.88 Å². The number of esters is 3. The second-order valence-electron chi connectivity index (χ2n) is 5.88. The van der Waals surface area contributed by atoms with Crippen LogP contribution in [-0.4, -0.2) is 44.6 Å². The Morgan fingerprint density at radius 1 is 1.08 bits per heavy atom. The highest BCUT2D eigenvalue weighted by Gasteiger charge is 2.26. The Morgan fingerprint density at radius 3 is 2.23 bits per heavy atom. The first-order valence-corrected chi connectivity index (χ1v) is 8.78. The number of hydrogen-bond donors (Lipinski definition) is 1. The molecule has 1 aromatic rings. The first kappa shape index (κ1) is 21.6. The van der Waals surface area contributed by atoms with Crippen LogP contribution in [0.25, 0.3) is 0 Å². The quantitative estimate of drug-likeness (QED) is 0.541. The van der Waals surface area contributed by atoms with Crippen molar-refractivity contribution >= 4 is 40.2 Å². The highest BCUT2D eigenvalue weighted by Crippen LogP contribution is 2.34. The van der Waals surface area contributed by atoms with Crippen molar-refractivity contribution in [2.24, 2.45) is 5.92 Å². The van der Waals surface area contributed by atoms with Crippen LogP contribution in [0.5, 0.6) is 0 Å². The van der Waals surface area contributed by atoms with Gasteiger partial charge in [0, 0.05) is 6.42 Å². The second kappa shape index (κ2) is 9.91. The minimum Gasteiger partial charge on any atom is -0.465 e. The van der Waals surface area contributed by atoms with Gasteiger partial charge in [-0.25, -0.2) is 9.59 Å². The fourth-order valence-electron chi connectivity index (χ4n) is 2.02. The largest absolute Gasteiger partial charge is 0.465 e. The van der Waals surface area contributed by atoms with E-state index in [1.807, 2.05) is 13.8 Å². The van der Waals surface area contributed by atoms with Crippen LogP contribution in [0.4, 0.5) is 5.00 Å². The molecule has 26 heavy (non-hydrogen) atoms. The average Bonchev–Trinajstić information content (AvgIpc) is 2.92. The van der Waals surface area contributed by atoms with Crippen molar-refractivity contribution < 1.29 is 33.4 Å². The smallest absolute Gasteiger partial charge is 0.348 e. The summed E-state index contributed by atoms with van der Waals surface area (Å²) >= 11 is 0.891. The lowest BCUT2D eigenvalue weighted by Gasteiger charge is -2.08. The summed E-state index contributed by atoms with van der Waals surface area (Å²) in [5.74, 6) is -2.06. The number of ether oxygens (including phenoxy) is 3. The van der Waals surface area contributed by atoms with Crippen molar-refractivity contribution in [2.45, 2.75) is 33.6 Å². The Bertz CT molecular complexity index is 694. The molecule has 1 N–H and O–H groups in total. The van der Waals surface area contributed by atoms with E-state index in [-0.39, 0.29) is 21.9 Å². The lowest BCUT2D eigenvalue weighted by Crippen LogP contribution is -2.21. The van der Waals surface area contributed by atoms with E-state index in [2.05, 4.69) is 10.1 Å². The Hall–Kier alpha value is -2.42. The van der Waals surface area contributed by atoms with E-state index in [0.717, 1.165) is 11.3 Å². The molecule has 9 heteroatoms. The molecule has 1 heterocycles. The van der Waals surface area contributed by atoms with Crippen molar-refractivity contribution in [1.29, 1.82) is 0 Å². The monoisotopic (exact) mass is 385 g/mol. The van der Waals surface area contributed by atoms with Gasteiger partial charge in [-0.05, 0) is 24.8 Å². The van der Waals surface area contributed by atoms with Crippen molar-refractivity contribution in [3.8, 4) is 0 Å². The van der Waals surface area contributed by atoms with Crippen LogP contribution < -0.4 is 5.32 Å². The number of nitrogens with one attached hydrogen (secondary N) is 1. The van der Waals surface area contributed by atoms with Crippen LogP contribution in [0.2, 0.25) is 0 Å². The van der Waals surface area contributed by atoms with Crippen LogP contribution in [0.3, 0.4) is 0 Å². The zero-order valence-electron chi connectivity index (χ0n) is 15.5. The lowest BCUT2D eigenvalue weighted by molar-refractivity contribution is -0.147. The van der Waals surface area contributed by atoms with Crippen molar-refractivity contribution in [1.82, 2.24) is 0 Å². The van der Waals surface area contributed by atoms with E-state index in [0.29, 0.717) is 17.9 Å². The summed E-state index contributed by atoms with van der Waals surface area (Å²) in [6, 6.07) is 0. The van der Waals surface area contributed by atoms with Crippen LogP contribution in [0, 0.1) is 12.8 Å². The SMILES string of the molecule is COC(=O)c1sc(NC(=O)COC(=O)CCC(C)C)c(C(=O)OC)c1C. The molecule has 0 aliphatic carbocycles. The van der Waals surface area contributed by atoms with Gasteiger partial charge in [-0.2, -0.15) is 0 Å². The average molecular weight is 385 g/mol. The molecule has 0 fully saturated rings. The second-order valence-corrected chi connectivity index (χ2v) is 6.91. The van der Waals surface area contributed by atoms with Gasteiger partial charge in [-0.1, -0.05) is 13.8 Å². The van der Waals surface area contributed by atoms with Crippen molar-refractivity contribution in [3.63, 3.8) is 0 Å². The summed E-state index contributed by atoms with van der Waals surface area (Å²) in [6.07, 6.45) is 0.891. The maximum absolute atomic E-state index is 12.0. The highest BCUT2D eigenvalue weighted by molar-refractivity contribution is 7.18. The molecular formula is C17H23NO7S. The molecule has 1 rings (SSSR count). The number of rotatable bonds is 8. The minimum atomic E-state index is -0.696. The number of hydrogen-bond acceptors (Lipinski definition) is 8. The Balaban J connectivity index is 2.84. The third-order valence-corrected chi connectivity index (χ3v) is 4.64. The van der Waals surface area contributed by atoms with Crippen LogP contribution in [0.1, 0.15) is 52.3 Å². The fraction of sp³-hybridized carbons (Fsp3) is 0.529. The topological polar surface area (TPSA) is 108 Å². The minimum absolute atomic E-state index is 0.0670. The first-order valence-electron chi connectivity index (χ1n) is 7.96. The first-order chi connectivity index (χ1) is 12.2. The van der Waals surface area contributed by atoms with Crippen LogP contribution >= 0.6 is 11.3 Å². The van der Waals surface area contributed by atoms with E-state index in [1.165, 1.54) is 14.2 Å². The standard InChI is InChI=1S/C17H23NO7S/c1-9(2)6-7-12(20)25-8-11(19)18-15-13(16(21)23-4)10(3)14(26-15)17(22)24-5/h9H,6-8H2,1-5H3,(H,18,19). The number of methoxy groups -OCH3 is 2. The molecule has 1 amide bonds. The van der Waals surface area contributed by atoms with Gasteiger partial charge in [0.25, 0.3) is 5.91 Å². The summed E-state index contributed by atoms with van der Waals surface area (Å²) in [4.78, 5) is 47.5. The lowest BCUT2D eigenvalue weighted by atomic mass is 10.1. The zero-order chi connectivity index (χ0) is 19.9. The van der Waals surface area contributed by atoms with E-state index in [9.17, 15) is 19.2 Å². The maximum atomic E-state index is 12.0. The fourth-order valence-corrected chi connectivity index (χ4v) is 3.15. The Labute approximate surface area is 155 Å². The van der Waals surface area contributed by atoms with Crippen molar-refractivity contribution in [2.75, 3.05) is 26.1 Å². The summed E-state index contributed by atoms with van der Waals surface area (Å²) in [5.41, 5.74) is 0.412. The maximum Gasteiger partial charge on any atom is 0.348 e. The van der Waals surface area contributed by atoms with Gasteiger partial charge < -0.3 is 19.5 Å². The molecule has 1 aromatic heterocycles. The Morgan fingerprint density at radius 2 is 1.69 bits per heavy atom. The number of carbonyl (C=O) groups excluding carboxylic acids is 4. The molecule has 0 saturated carbocycles. The van der Waals surface area contributed by atoms with Crippen LogP contribution in [-0.2, 0) is 23.8 Å².